The van der Waals surface area contributed by atoms with Gasteiger partial charge in [0.15, 0.2) is 5.96 Å². The summed E-state index contributed by atoms with van der Waals surface area (Å²) in [5.74, 6) is 0.982. The fraction of sp³-hybridized carbons (Fsp3) is 0.450. The normalized spacial score (nSPS) is 17.2. The van der Waals surface area contributed by atoms with Gasteiger partial charge >= 0.3 is 0 Å². The predicted molar refractivity (Wildman–Crippen MR) is 107 cm³/mol. The first-order valence-corrected chi connectivity index (χ1v) is 9.62. The number of benzene rings is 1. The summed E-state index contributed by atoms with van der Waals surface area (Å²) < 4.78 is 1.86. The van der Waals surface area contributed by atoms with Crippen LogP contribution < -0.4 is 10.6 Å². The summed E-state index contributed by atoms with van der Waals surface area (Å²) in [6.07, 6.45) is 3.45. The van der Waals surface area contributed by atoms with Crippen LogP contribution in [-0.2, 0) is 11.3 Å². The lowest BCUT2D eigenvalue weighted by molar-refractivity contribution is -0.129. The van der Waals surface area contributed by atoms with Crippen molar-refractivity contribution in [3.8, 4) is 5.69 Å². The molecule has 7 nitrogen and oxygen atoms in total. The smallest absolute Gasteiger partial charge is 0.222 e. The van der Waals surface area contributed by atoms with E-state index >= 15 is 0 Å². The maximum absolute atomic E-state index is 11.8. The van der Waals surface area contributed by atoms with Gasteiger partial charge in [-0.3, -0.25) is 4.79 Å². The van der Waals surface area contributed by atoms with E-state index in [4.69, 9.17) is 0 Å². The third-order valence-corrected chi connectivity index (χ3v) is 4.59. The van der Waals surface area contributed by atoms with E-state index in [0.717, 1.165) is 43.4 Å². The molecule has 0 saturated carbocycles. The number of hydrogen-bond donors (Lipinski definition) is 2. The molecule has 27 heavy (non-hydrogen) atoms. The maximum Gasteiger partial charge on any atom is 0.222 e. The summed E-state index contributed by atoms with van der Waals surface area (Å²) in [5, 5.41) is 11.3. The molecular weight excluding hydrogens is 340 g/mol. The van der Waals surface area contributed by atoms with E-state index < -0.39 is 0 Å². The van der Waals surface area contributed by atoms with Crippen LogP contribution >= 0.6 is 0 Å². The van der Waals surface area contributed by atoms with E-state index in [0.29, 0.717) is 13.0 Å². The van der Waals surface area contributed by atoms with Gasteiger partial charge in [-0.2, -0.15) is 5.10 Å². The molecule has 1 fully saturated rings. The lowest BCUT2D eigenvalue weighted by Crippen LogP contribution is -2.45. The molecule has 2 heterocycles. The van der Waals surface area contributed by atoms with Crippen LogP contribution in [0.25, 0.3) is 5.69 Å². The number of guanidine groups is 1. The SMILES string of the molecule is CCNC(=NCc1ccn(-c2ccccc2)n1)NC1CCN(C(=O)CC)C1. The van der Waals surface area contributed by atoms with Crippen LogP contribution in [0.1, 0.15) is 32.4 Å². The highest BCUT2D eigenvalue weighted by molar-refractivity contribution is 5.80. The fourth-order valence-corrected chi connectivity index (χ4v) is 3.17. The van der Waals surface area contributed by atoms with Gasteiger partial charge < -0.3 is 15.5 Å². The van der Waals surface area contributed by atoms with Crippen LogP contribution in [0.3, 0.4) is 0 Å². The van der Waals surface area contributed by atoms with Gasteiger partial charge in [0.05, 0.1) is 17.9 Å². The molecule has 2 aromatic rings. The molecule has 1 aliphatic heterocycles. The van der Waals surface area contributed by atoms with Crippen molar-refractivity contribution in [3.05, 3.63) is 48.3 Å². The molecule has 1 aromatic carbocycles. The second-order valence-electron chi connectivity index (χ2n) is 6.61. The minimum Gasteiger partial charge on any atom is -0.357 e. The van der Waals surface area contributed by atoms with Gasteiger partial charge in [-0.15, -0.1) is 0 Å². The second kappa shape index (κ2) is 9.21. The number of aliphatic imine (C=N–C) groups is 1. The number of nitrogens with zero attached hydrogens (tertiary/aromatic N) is 4. The molecule has 1 amide bonds. The van der Waals surface area contributed by atoms with Crippen molar-refractivity contribution in [2.45, 2.75) is 39.3 Å². The molecule has 1 unspecified atom stereocenters. The highest BCUT2D eigenvalue weighted by Crippen LogP contribution is 2.11. The first kappa shape index (κ1) is 18.9. The van der Waals surface area contributed by atoms with E-state index in [1.54, 1.807) is 0 Å². The Labute approximate surface area is 160 Å². The van der Waals surface area contributed by atoms with Crippen LogP contribution in [-0.4, -0.2) is 52.2 Å². The second-order valence-corrected chi connectivity index (χ2v) is 6.61. The third-order valence-electron chi connectivity index (χ3n) is 4.59. The predicted octanol–water partition coefficient (Wildman–Crippen LogP) is 1.94. The molecule has 1 aliphatic rings. The van der Waals surface area contributed by atoms with E-state index in [1.165, 1.54) is 0 Å². The highest BCUT2D eigenvalue weighted by atomic mass is 16.2. The summed E-state index contributed by atoms with van der Waals surface area (Å²) in [6.45, 7) is 6.78. The van der Waals surface area contributed by atoms with E-state index in [2.05, 4.69) is 20.7 Å². The number of aromatic nitrogens is 2. The first-order valence-electron chi connectivity index (χ1n) is 9.62. The van der Waals surface area contributed by atoms with E-state index in [-0.39, 0.29) is 11.9 Å². The Balaban J connectivity index is 1.60. The zero-order chi connectivity index (χ0) is 19.1. The third kappa shape index (κ3) is 5.09. The molecule has 7 heteroatoms. The Morgan fingerprint density at radius 1 is 1.26 bits per heavy atom. The Morgan fingerprint density at radius 2 is 2.07 bits per heavy atom. The van der Waals surface area contributed by atoms with E-state index in [9.17, 15) is 4.79 Å². The molecule has 0 spiro atoms. The molecule has 144 valence electrons. The summed E-state index contributed by atoms with van der Waals surface area (Å²) in [7, 11) is 0. The summed E-state index contributed by atoms with van der Waals surface area (Å²) >= 11 is 0. The first-order chi connectivity index (χ1) is 13.2. The molecule has 1 aromatic heterocycles. The van der Waals surface area contributed by atoms with Crippen molar-refractivity contribution < 1.29 is 4.79 Å². The number of para-hydroxylation sites is 1. The molecule has 0 aliphatic carbocycles. The minimum absolute atomic E-state index is 0.215. The minimum atomic E-state index is 0.215. The van der Waals surface area contributed by atoms with Crippen molar-refractivity contribution in [3.63, 3.8) is 0 Å². The van der Waals surface area contributed by atoms with Gasteiger partial charge in [0.2, 0.25) is 5.91 Å². The van der Waals surface area contributed by atoms with Crippen molar-refractivity contribution >= 4 is 11.9 Å². The zero-order valence-corrected chi connectivity index (χ0v) is 16.1. The number of nitrogens with one attached hydrogen (secondary N) is 2. The number of hydrogen-bond acceptors (Lipinski definition) is 3. The van der Waals surface area contributed by atoms with Crippen LogP contribution in [0.15, 0.2) is 47.6 Å². The number of likely N-dealkylation sites (tertiary alicyclic amines) is 1. The highest BCUT2D eigenvalue weighted by Gasteiger charge is 2.25. The molecule has 0 radical (unpaired) electrons. The molecule has 1 saturated heterocycles. The lowest BCUT2D eigenvalue weighted by atomic mass is 10.3. The Hall–Kier alpha value is -2.83. The average molecular weight is 368 g/mol. The molecule has 3 rings (SSSR count). The number of carbonyl (C=O) groups is 1. The number of carbonyl (C=O) groups excluding carboxylic acids is 1. The average Bonchev–Trinajstić information content (AvgIpc) is 3.36. The summed E-state index contributed by atoms with van der Waals surface area (Å²) in [5.41, 5.74) is 1.94. The Bertz CT molecular complexity index is 770. The molecule has 2 N–H and O–H groups in total. The van der Waals surface area contributed by atoms with Crippen LogP contribution in [0.2, 0.25) is 0 Å². The molecular formula is C20H28N6O. The monoisotopic (exact) mass is 368 g/mol. The lowest BCUT2D eigenvalue weighted by Gasteiger charge is -2.18. The molecule has 0 bridgehead atoms. The van der Waals surface area contributed by atoms with Gasteiger partial charge in [-0.25, -0.2) is 9.67 Å². The number of amides is 1. The van der Waals surface area contributed by atoms with Gasteiger partial charge in [0.25, 0.3) is 0 Å². The Kier molecular flexibility index (Phi) is 6.46. The van der Waals surface area contributed by atoms with Gasteiger partial charge in [-0.1, -0.05) is 25.1 Å². The quantitative estimate of drug-likeness (QED) is 0.604. The fourth-order valence-electron chi connectivity index (χ4n) is 3.17. The van der Waals surface area contributed by atoms with Crippen molar-refractivity contribution in [1.29, 1.82) is 0 Å². The van der Waals surface area contributed by atoms with Crippen LogP contribution in [0, 0.1) is 0 Å². The van der Waals surface area contributed by atoms with E-state index in [1.807, 2.05) is 66.0 Å². The Morgan fingerprint density at radius 3 is 2.81 bits per heavy atom. The van der Waals surface area contributed by atoms with Crippen LogP contribution in [0.5, 0.6) is 0 Å². The van der Waals surface area contributed by atoms with Gasteiger partial charge in [0, 0.05) is 38.3 Å². The number of rotatable bonds is 6. The summed E-state index contributed by atoms with van der Waals surface area (Å²) in [4.78, 5) is 18.4. The summed E-state index contributed by atoms with van der Waals surface area (Å²) in [6, 6.07) is 12.2. The van der Waals surface area contributed by atoms with Crippen LogP contribution in [0.4, 0.5) is 0 Å². The van der Waals surface area contributed by atoms with Crippen molar-refractivity contribution in [2.75, 3.05) is 19.6 Å². The molecule has 1 atom stereocenters. The largest absolute Gasteiger partial charge is 0.357 e. The van der Waals surface area contributed by atoms with Crippen molar-refractivity contribution in [2.24, 2.45) is 4.99 Å². The topological polar surface area (TPSA) is 74.6 Å². The van der Waals surface area contributed by atoms with Gasteiger partial charge in [-0.05, 0) is 31.5 Å². The van der Waals surface area contributed by atoms with Crippen molar-refractivity contribution in [1.82, 2.24) is 25.3 Å². The van der Waals surface area contributed by atoms with Gasteiger partial charge in [0.1, 0.15) is 0 Å². The maximum atomic E-state index is 11.8. The zero-order valence-electron chi connectivity index (χ0n) is 16.1. The standard InChI is InChI=1S/C20H28N6O/c1-3-19(27)25-12-10-17(15-25)23-20(21-4-2)22-14-16-11-13-26(24-16)18-8-6-5-7-9-18/h5-9,11,13,17H,3-4,10,12,14-15H2,1-2H3,(H2,21,22,23).